The normalized spacial score (nSPS) is 12.0. The Balaban J connectivity index is 2.91. The SMILES string of the molecule is CCNCc1ccc(OCC(CC)CC)c(C(F)(F)F)c1. The molecule has 2 nitrogen and oxygen atoms in total. The molecule has 0 radical (unpaired) electrons. The molecule has 0 saturated carbocycles. The lowest BCUT2D eigenvalue weighted by Gasteiger charge is -2.18. The zero-order chi connectivity index (χ0) is 15.9. The summed E-state index contributed by atoms with van der Waals surface area (Å²) in [5.41, 5.74) is -0.0806. The summed E-state index contributed by atoms with van der Waals surface area (Å²) in [5.74, 6) is 0.210. The summed E-state index contributed by atoms with van der Waals surface area (Å²) in [6.45, 7) is 7.41. The van der Waals surface area contributed by atoms with Crippen LogP contribution in [0.4, 0.5) is 13.2 Å². The molecule has 0 amide bonds. The van der Waals surface area contributed by atoms with Gasteiger partial charge in [0.25, 0.3) is 0 Å². The van der Waals surface area contributed by atoms with Gasteiger partial charge in [0, 0.05) is 6.54 Å². The van der Waals surface area contributed by atoms with Gasteiger partial charge in [-0.15, -0.1) is 0 Å². The number of hydrogen-bond acceptors (Lipinski definition) is 2. The fraction of sp³-hybridized carbons (Fsp3) is 0.625. The van der Waals surface area contributed by atoms with E-state index in [1.165, 1.54) is 12.1 Å². The summed E-state index contributed by atoms with van der Waals surface area (Å²) in [4.78, 5) is 0. The van der Waals surface area contributed by atoms with E-state index in [0.29, 0.717) is 25.3 Å². The Kier molecular flexibility index (Phi) is 7.02. The highest BCUT2D eigenvalue weighted by atomic mass is 19.4. The second-order valence-electron chi connectivity index (χ2n) is 5.10. The van der Waals surface area contributed by atoms with E-state index < -0.39 is 11.7 Å². The van der Waals surface area contributed by atoms with Crippen molar-refractivity contribution in [1.82, 2.24) is 5.32 Å². The third kappa shape index (κ3) is 5.58. The fourth-order valence-corrected chi connectivity index (χ4v) is 2.04. The smallest absolute Gasteiger partial charge is 0.419 e. The molecule has 1 aromatic carbocycles. The van der Waals surface area contributed by atoms with Gasteiger partial charge in [0.15, 0.2) is 0 Å². The Morgan fingerprint density at radius 2 is 1.81 bits per heavy atom. The second kappa shape index (κ2) is 8.27. The van der Waals surface area contributed by atoms with Crippen molar-refractivity contribution in [2.75, 3.05) is 13.2 Å². The quantitative estimate of drug-likeness (QED) is 0.756. The summed E-state index contributed by atoms with van der Waals surface area (Å²) in [5, 5.41) is 3.02. The Hall–Kier alpha value is -1.23. The number of halogens is 3. The van der Waals surface area contributed by atoms with Crippen LogP contribution in [0.1, 0.15) is 44.7 Å². The van der Waals surface area contributed by atoms with Gasteiger partial charge in [0.05, 0.1) is 12.2 Å². The number of rotatable bonds is 8. The number of nitrogens with one attached hydrogen (secondary N) is 1. The van der Waals surface area contributed by atoms with Gasteiger partial charge in [-0.1, -0.05) is 39.7 Å². The maximum absolute atomic E-state index is 13.1. The maximum atomic E-state index is 13.1. The molecule has 0 aliphatic heterocycles. The summed E-state index contributed by atoms with van der Waals surface area (Å²) in [6, 6.07) is 4.28. The Labute approximate surface area is 124 Å². The second-order valence-corrected chi connectivity index (χ2v) is 5.10. The third-order valence-electron chi connectivity index (χ3n) is 3.56. The lowest BCUT2D eigenvalue weighted by atomic mass is 10.0. The largest absolute Gasteiger partial charge is 0.493 e. The highest BCUT2D eigenvalue weighted by molar-refractivity contribution is 5.39. The topological polar surface area (TPSA) is 21.3 Å². The fourth-order valence-electron chi connectivity index (χ4n) is 2.04. The van der Waals surface area contributed by atoms with Crippen molar-refractivity contribution in [2.45, 2.75) is 46.3 Å². The number of ether oxygens (including phenoxy) is 1. The zero-order valence-electron chi connectivity index (χ0n) is 12.9. The van der Waals surface area contributed by atoms with Crippen molar-refractivity contribution >= 4 is 0 Å². The van der Waals surface area contributed by atoms with Crippen LogP contribution in [0.25, 0.3) is 0 Å². The van der Waals surface area contributed by atoms with Crippen LogP contribution in [-0.2, 0) is 12.7 Å². The minimum absolute atomic E-state index is 0.0744. The van der Waals surface area contributed by atoms with Crippen LogP contribution in [0.5, 0.6) is 5.75 Å². The average molecular weight is 303 g/mol. The molecule has 0 aliphatic carbocycles. The van der Waals surface area contributed by atoms with Crippen molar-refractivity contribution in [2.24, 2.45) is 5.92 Å². The summed E-state index contributed by atoms with van der Waals surface area (Å²) >= 11 is 0. The van der Waals surface area contributed by atoms with E-state index in [1.807, 2.05) is 20.8 Å². The molecule has 1 rings (SSSR count). The van der Waals surface area contributed by atoms with Crippen LogP contribution in [0.15, 0.2) is 18.2 Å². The highest BCUT2D eigenvalue weighted by Gasteiger charge is 2.34. The first-order valence-electron chi connectivity index (χ1n) is 7.45. The number of benzene rings is 1. The molecule has 0 fully saturated rings. The van der Waals surface area contributed by atoms with Crippen LogP contribution in [0.2, 0.25) is 0 Å². The molecule has 21 heavy (non-hydrogen) atoms. The van der Waals surface area contributed by atoms with E-state index >= 15 is 0 Å². The molecule has 5 heteroatoms. The number of hydrogen-bond donors (Lipinski definition) is 1. The molecule has 0 saturated heterocycles. The minimum Gasteiger partial charge on any atom is -0.493 e. The molecular formula is C16H24F3NO. The predicted octanol–water partition coefficient (Wildman–Crippen LogP) is 4.63. The Bertz CT molecular complexity index is 428. The molecule has 0 aromatic heterocycles. The van der Waals surface area contributed by atoms with Gasteiger partial charge in [0.1, 0.15) is 5.75 Å². The summed E-state index contributed by atoms with van der Waals surface area (Å²) in [6.07, 6.45) is -2.60. The van der Waals surface area contributed by atoms with Gasteiger partial charge >= 0.3 is 6.18 Å². The van der Waals surface area contributed by atoms with E-state index in [9.17, 15) is 13.2 Å². The van der Waals surface area contributed by atoms with Crippen molar-refractivity contribution in [3.8, 4) is 5.75 Å². The standard InChI is InChI=1S/C16H24F3NO/c1-4-12(5-2)11-21-15-8-7-13(10-20-6-3)9-14(15)16(17,18)19/h7-9,12,20H,4-6,10-11H2,1-3H3. The van der Waals surface area contributed by atoms with Gasteiger partial charge < -0.3 is 10.1 Å². The van der Waals surface area contributed by atoms with Crippen LogP contribution in [0, 0.1) is 5.92 Å². The van der Waals surface area contributed by atoms with E-state index in [2.05, 4.69) is 5.32 Å². The molecule has 0 aliphatic rings. The van der Waals surface area contributed by atoms with Crippen LogP contribution in [0.3, 0.4) is 0 Å². The predicted molar refractivity (Wildman–Crippen MR) is 78.4 cm³/mol. The van der Waals surface area contributed by atoms with Crippen LogP contribution >= 0.6 is 0 Å². The molecule has 120 valence electrons. The van der Waals surface area contributed by atoms with E-state index in [-0.39, 0.29) is 11.7 Å². The van der Waals surface area contributed by atoms with Crippen molar-refractivity contribution in [3.63, 3.8) is 0 Å². The highest BCUT2D eigenvalue weighted by Crippen LogP contribution is 2.37. The Morgan fingerprint density at radius 1 is 1.14 bits per heavy atom. The van der Waals surface area contributed by atoms with Gasteiger partial charge in [-0.25, -0.2) is 0 Å². The first-order valence-corrected chi connectivity index (χ1v) is 7.45. The van der Waals surface area contributed by atoms with Crippen molar-refractivity contribution in [1.29, 1.82) is 0 Å². The van der Waals surface area contributed by atoms with E-state index in [0.717, 1.165) is 12.8 Å². The molecule has 0 unspecified atom stereocenters. The van der Waals surface area contributed by atoms with E-state index in [1.54, 1.807) is 6.07 Å². The first-order chi connectivity index (χ1) is 9.92. The van der Waals surface area contributed by atoms with E-state index in [4.69, 9.17) is 4.74 Å². The lowest BCUT2D eigenvalue weighted by molar-refractivity contribution is -0.139. The molecule has 0 heterocycles. The third-order valence-corrected chi connectivity index (χ3v) is 3.56. The van der Waals surface area contributed by atoms with Gasteiger partial charge in [-0.3, -0.25) is 0 Å². The van der Waals surface area contributed by atoms with Crippen LogP contribution < -0.4 is 10.1 Å². The van der Waals surface area contributed by atoms with Gasteiger partial charge in [0.2, 0.25) is 0 Å². The van der Waals surface area contributed by atoms with Gasteiger partial charge in [-0.05, 0) is 30.2 Å². The van der Waals surface area contributed by atoms with Crippen LogP contribution in [-0.4, -0.2) is 13.2 Å². The lowest BCUT2D eigenvalue weighted by Crippen LogP contribution is -2.16. The van der Waals surface area contributed by atoms with Crippen molar-refractivity contribution < 1.29 is 17.9 Å². The molecule has 0 atom stereocenters. The summed E-state index contributed by atoms with van der Waals surface area (Å²) in [7, 11) is 0. The van der Waals surface area contributed by atoms with Crippen molar-refractivity contribution in [3.05, 3.63) is 29.3 Å². The molecule has 0 spiro atoms. The van der Waals surface area contributed by atoms with Gasteiger partial charge in [-0.2, -0.15) is 13.2 Å². The average Bonchev–Trinajstić information content (AvgIpc) is 2.45. The summed E-state index contributed by atoms with van der Waals surface area (Å²) < 4.78 is 44.8. The molecular weight excluding hydrogens is 279 g/mol. The minimum atomic E-state index is -4.40. The molecule has 0 bridgehead atoms. The molecule has 1 aromatic rings. The number of alkyl halides is 3. The Morgan fingerprint density at radius 3 is 2.33 bits per heavy atom. The maximum Gasteiger partial charge on any atom is 0.419 e. The molecule has 1 N–H and O–H groups in total. The first kappa shape index (κ1) is 17.8. The monoisotopic (exact) mass is 303 g/mol. The zero-order valence-corrected chi connectivity index (χ0v) is 12.9.